The summed E-state index contributed by atoms with van der Waals surface area (Å²) in [4.78, 5) is 47.5. The first-order valence-electron chi connectivity index (χ1n) is 13.3. The number of hydrogen-bond donors (Lipinski definition) is 2. The summed E-state index contributed by atoms with van der Waals surface area (Å²) >= 11 is 0. The third-order valence-electron chi connectivity index (χ3n) is 6.49. The Morgan fingerprint density at radius 2 is 1.63 bits per heavy atom. The van der Waals surface area contributed by atoms with Crippen LogP contribution in [-0.4, -0.2) is 58.0 Å². The lowest BCUT2D eigenvalue weighted by molar-refractivity contribution is 0.0600. The highest BCUT2D eigenvalue weighted by atomic mass is 16.5. The molecule has 0 fully saturated rings. The molecule has 0 radical (unpaired) electrons. The number of methoxy groups -OCH3 is 1. The molecule has 0 saturated heterocycles. The zero-order valence-corrected chi connectivity index (χ0v) is 22.5. The van der Waals surface area contributed by atoms with Crippen LogP contribution in [0.3, 0.4) is 0 Å². The van der Waals surface area contributed by atoms with Crippen LogP contribution in [0.15, 0.2) is 48.5 Å². The van der Waals surface area contributed by atoms with Crippen molar-refractivity contribution in [2.75, 3.05) is 20.2 Å². The summed E-state index contributed by atoms with van der Waals surface area (Å²) in [7, 11) is 1.24. The Balaban J connectivity index is 2.00. The first-order valence-corrected chi connectivity index (χ1v) is 13.3. The van der Waals surface area contributed by atoms with E-state index in [-0.39, 0.29) is 17.0 Å². The highest BCUT2D eigenvalue weighted by Crippen LogP contribution is 2.26. The Morgan fingerprint density at radius 1 is 0.947 bits per heavy atom. The zero-order chi connectivity index (χ0) is 27.5. The van der Waals surface area contributed by atoms with Crippen LogP contribution in [0.1, 0.15) is 88.4 Å². The van der Waals surface area contributed by atoms with E-state index in [0.717, 1.165) is 38.5 Å². The van der Waals surface area contributed by atoms with Crippen molar-refractivity contribution >= 4 is 17.8 Å². The van der Waals surface area contributed by atoms with Gasteiger partial charge in [-0.15, -0.1) is 0 Å². The van der Waals surface area contributed by atoms with Crippen LogP contribution in [0, 0.1) is 0 Å². The summed E-state index contributed by atoms with van der Waals surface area (Å²) in [6.45, 7) is 5.48. The van der Waals surface area contributed by atoms with Gasteiger partial charge in [0.25, 0.3) is 5.91 Å². The Labute approximate surface area is 224 Å². The smallest absolute Gasteiger partial charge is 0.337 e. The quantitative estimate of drug-likeness (QED) is 0.261. The van der Waals surface area contributed by atoms with Crippen molar-refractivity contribution < 1.29 is 24.2 Å². The van der Waals surface area contributed by atoms with E-state index in [1.54, 1.807) is 0 Å². The maximum Gasteiger partial charge on any atom is 0.337 e. The number of aromatic nitrogens is 2. The van der Waals surface area contributed by atoms with Gasteiger partial charge in [-0.1, -0.05) is 57.0 Å². The van der Waals surface area contributed by atoms with Crippen molar-refractivity contribution in [1.82, 2.24) is 14.9 Å². The molecule has 0 atom stereocenters. The van der Waals surface area contributed by atoms with Crippen molar-refractivity contribution in [2.45, 2.75) is 58.8 Å². The van der Waals surface area contributed by atoms with Crippen LogP contribution in [-0.2, 0) is 17.6 Å². The molecular weight excluding hydrogens is 482 g/mol. The molecule has 8 heteroatoms. The van der Waals surface area contributed by atoms with Crippen LogP contribution >= 0.6 is 0 Å². The fourth-order valence-electron chi connectivity index (χ4n) is 4.34. The lowest BCUT2D eigenvalue weighted by atomic mass is 10.0. The minimum atomic E-state index is -1.20. The summed E-state index contributed by atoms with van der Waals surface area (Å²) in [5.74, 6) is -1.68. The lowest BCUT2D eigenvalue weighted by Crippen LogP contribution is -2.33. The molecule has 1 heterocycles. The standard InChI is InChI=1S/C30H37N3O5/c1-4-6-18-33(19-7-5-2)28(34)26-25(15-11-14-21-12-9-8-10-13-21)31-27(32-26)23-17-16-22(30(37)38-3)20-24(23)29(35)36/h8-10,12-13,16-17,20H,4-7,11,14-15,18-19H2,1-3H3,(H,31,32)(H,35,36). The number of carbonyl (C=O) groups is 3. The predicted molar refractivity (Wildman–Crippen MR) is 147 cm³/mol. The number of aromatic carboxylic acids is 1. The predicted octanol–water partition coefficient (Wildman–Crippen LogP) is 5.78. The number of carboxylic acid groups (broad SMARTS) is 1. The van der Waals surface area contributed by atoms with Gasteiger partial charge in [0.05, 0.1) is 18.2 Å². The average molecular weight is 520 g/mol. The van der Waals surface area contributed by atoms with E-state index < -0.39 is 11.9 Å². The Bertz CT molecular complexity index is 1230. The Kier molecular flexibility index (Phi) is 10.6. The Hall–Kier alpha value is -3.94. The summed E-state index contributed by atoms with van der Waals surface area (Å²) < 4.78 is 4.74. The molecule has 0 aliphatic heterocycles. The van der Waals surface area contributed by atoms with Gasteiger partial charge in [-0.2, -0.15) is 0 Å². The fraction of sp³-hybridized carbons (Fsp3) is 0.400. The van der Waals surface area contributed by atoms with Gasteiger partial charge in [0.1, 0.15) is 11.5 Å². The number of nitrogens with zero attached hydrogens (tertiary/aromatic N) is 2. The number of aromatic amines is 1. The molecule has 38 heavy (non-hydrogen) atoms. The number of nitrogens with one attached hydrogen (secondary N) is 1. The molecule has 8 nitrogen and oxygen atoms in total. The van der Waals surface area contributed by atoms with Gasteiger partial charge in [-0.05, 0) is 55.9 Å². The average Bonchev–Trinajstić information content (AvgIpc) is 3.36. The summed E-state index contributed by atoms with van der Waals surface area (Å²) in [5, 5.41) is 9.87. The number of ether oxygens (including phenoxy) is 1. The molecular formula is C30H37N3O5. The van der Waals surface area contributed by atoms with Crippen molar-refractivity contribution in [2.24, 2.45) is 0 Å². The maximum absolute atomic E-state index is 13.7. The topological polar surface area (TPSA) is 113 Å². The maximum atomic E-state index is 13.7. The number of H-pyrrole nitrogens is 1. The molecule has 202 valence electrons. The number of amides is 1. The van der Waals surface area contributed by atoms with Crippen LogP contribution in [0.2, 0.25) is 0 Å². The van der Waals surface area contributed by atoms with E-state index in [1.165, 1.54) is 30.9 Å². The second-order valence-electron chi connectivity index (χ2n) is 9.31. The third-order valence-corrected chi connectivity index (χ3v) is 6.49. The summed E-state index contributed by atoms with van der Waals surface area (Å²) in [6.07, 6.45) is 5.96. The van der Waals surface area contributed by atoms with Gasteiger partial charge in [0.2, 0.25) is 0 Å². The zero-order valence-electron chi connectivity index (χ0n) is 22.5. The van der Waals surface area contributed by atoms with Crippen LogP contribution in [0.4, 0.5) is 0 Å². The van der Waals surface area contributed by atoms with Crippen LogP contribution in [0.25, 0.3) is 11.4 Å². The van der Waals surface area contributed by atoms with Crippen molar-refractivity contribution in [3.8, 4) is 11.4 Å². The molecule has 0 aliphatic carbocycles. The van der Waals surface area contributed by atoms with Crippen LogP contribution < -0.4 is 0 Å². The second-order valence-corrected chi connectivity index (χ2v) is 9.31. The normalized spacial score (nSPS) is 10.8. The van der Waals surface area contributed by atoms with E-state index >= 15 is 0 Å². The monoisotopic (exact) mass is 519 g/mol. The first-order chi connectivity index (χ1) is 18.4. The van der Waals surface area contributed by atoms with Crippen molar-refractivity contribution in [1.29, 1.82) is 0 Å². The lowest BCUT2D eigenvalue weighted by Gasteiger charge is -2.22. The number of benzene rings is 2. The molecule has 3 aromatic rings. The van der Waals surface area contributed by atoms with E-state index in [0.29, 0.717) is 42.3 Å². The number of carboxylic acids is 1. The number of unbranched alkanes of at least 4 members (excludes halogenated alkanes) is 2. The molecule has 1 amide bonds. The van der Waals surface area contributed by atoms with E-state index in [2.05, 4.69) is 35.9 Å². The summed E-state index contributed by atoms with van der Waals surface area (Å²) in [6, 6.07) is 14.4. The van der Waals surface area contributed by atoms with E-state index in [1.807, 2.05) is 23.1 Å². The Morgan fingerprint density at radius 3 is 2.24 bits per heavy atom. The largest absolute Gasteiger partial charge is 0.478 e. The van der Waals surface area contributed by atoms with E-state index in [9.17, 15) is 19.5 Å². The molecule has 0 unspecified atom stereocenters. The van der Waals surface area contributed by atoms with Gasteiger partial charge in [0, 0.05) is 24.3 Å². The first kappa shape index (κ1) is 28.6. The molecule has 0 spiro atoms. The molecule has 2 N–H and O–H groups in total. The van der Waals surface area contributed by atoms with E-state index in [4.69, 9.17) is 4.74 Å². The second kappa shape index (κ2) is 14.1. The number of hydrogen-bond acceptors (Lipinski definition) is 5. The number of esters is 1. The minimum Gasteiger partial charge on any atom is -0.478 e. The SMILES string of the molecule is CCCCN(CCCC)C(=O)c1nc(-c2ccc(C(=O)OC)cc2C(=O)O)[nH]c1CCCc1ccccc1. The van der Waals surface area contributed by atoms with Crippen molar-refractivity contribution in [3.05, 3.63) is 76.6 Å². The van der Waals surface area contributed by atoms with Gasteiger partial charge in [-0.3, -0.25) is 4.79 Å². The molecule has 1 aromatic heterocycles. The molecule has 0 saturated carbocycles. The molecule has 0 bridgehead atoms. The fourth-order valence-corrected chi connectivity index (χ4v) is 4.34. The van der Waals surface area contributed by atoms with Crippen molar-refractivity contribution in [3.63, 3.8) is 0 Å². The van der Waals surface area contributed by atoms with Gasteiger partial charge >= 0.3 is 11.9 Å². The van der Waals surface area contributed by atoms with Gasteiger partial charge < -0.3 is 19.7 Å². The van der Waals surface area contributed by atoms with Crippen LogP contribution in [0.5, 0.6) is 0 Å². The number of aryl methyl sites for hydroxylation is 2. The van der Waals surface area contributed by atoms with Gasteiger partial charge in [0.15, 0.2) is 0 Å². The number of carbonyl (C=O) groups excluding carboxylic acids is 2. The molecule has 3 rings (SSSR count). The molecule has 0 aliphatic rings. The number of imidazole rings is 1. The third kappa shape index (κ3) is 7.31. The molecule has 2 aromatic carbocycles. The minimum absolute atomic E-state index is 0.0923. The highest BCUT2D eigenvalue weighted by molar-refractivity contribution is 6.00. The number of rotatable bonds is 14. The summed E-state index contributed by atoms with van der Waals surface area (Å²) in [5.41, 5.74) is 2.57. The van der Waals surface area contributed by atoms with Gasteiger partial charge in [-0.25, -0.2) is 14.6 Å². The highest BCUT2D eigenvalue weighted by Gasteiger charge is 2.25.